The molecule has 1 aliphatic rings. The molecule has 0 radical (unpaired) electrons. The summed E-state index contributed by atoms with van der Waals surface area (Å²) in [5, 5.41) is 31.1. The molecule has 8 heteroatoms. The molecule has 2 heterocycles. The van der Waals surface area contributed by atoms with Gasteiger partial charge >= 0.3 is 5.13 Å². The van der Waals surface area contributed by atoms with Crippen LogP contribution in [0.5, 0.6) is 0 Å². The molecule has 112 valence electrons. The van der Waals surface area contributed by atoms with Crippen molar-refractivity contribution in [3.05, 3.63) is 17.4 Å². The highest BCUT2D eigenvalue weighted by molar-refractivity contribution is 8.00. The van der Waals surface area contributed by atoms with Crippen LogP contribution in [0.2, 0.25) is 0 Å². The van der Waals surface area contributed by atoms with Gasteiger partial charge in [-0.1, -0.05) is 29.0 Å². The van der Waals surface area contributed by atoms with Crippen molar-refractivity contribution in [2.24, 2.45) is 0 Å². The van der Waals surface area contributed by atoms with Gasteiger partial charge in [-0.3, -0.25) is 4.65 Å². The second-order valence-electron chi connectivity index (χ2n) is 4.76. The van der Waals surface area contributed by atoms with Crippen LogP contribution < -0.4 is 4.65 Å². The Hall–Kier alpha value is -0.510. The molecule has 1 N–H and O–H groups in total. The highest BCUT2D eigenvalue weighted by Gasteiger charge is 2.42. The quantitative estimate of drug-likeness (QED) is 0.285. The maximum Gasteiger partial charge on any atom is 0.310 e. The first-order chi connectivity index (χ1) is 9.60. The van der Waals surface area contributed by atoms with E-state index in [1.165, 1.54) is 23.1 Å². The van der Waals surface area contributed by atoms with E-state index in [2.05, 4.69) is 16.3 Å². The predicted octanol–water partition coefficient (Wildman–Crippen LogP) is 2.01. The van der Waals surface area contributed by atoms with Crippen LogP contribution in [-0.4, -0.2) is 52.4 Å². The highest BCUT2D eigenvalue weighted by Crippen LogP contribution is 2.35. The molecule has 1 aliphatic heterocycles. The van der Waals surface area contributed by atoms with Gasteiger partial charge in [-0.15, -0.1) is 5.10 Å². The van der Waals surface area contributed by atoms with Crippen LogP contribution in [0.25, 0.3) is 0 Å². The number of thioether (sulfide) groups is 1. The highest BCUT2D eigenvalue weighted by atomic mass is 32.2. The second kappa shape index (κ2) is 6.97. The molecule has 2 rings (SSSR count). The minimum Gasteiger partial charge on any atom is -0.623 e. The van der Waals surface area contributed by atoms with E-state index in [0.717, 1.165) is 23.7 Å². The van der Waals surface area contributed by atoms with E-state index in [-0.39, 0.29) is 6.67 Å². The molecule has 0 spiro atoms. The molecule has 20 heavy (non-hydrogen) atoms. The Bertz CT molecular complexity index is 468. The summed E-state index contributed by atoms with van der Waals surface area (Å²) >= 11 is 2.73. The maximum atomic E-state index is 12.8. The molecule has 0 aliphatic carbocycles. The third-order valence-corrected chi connectivity index (χ3v) is 5.30. The van der Waals surface area contributed by atoms with Crippen molar-refractivity contribution in [2.45, 2.75) is 30.3 Å². The number of allylic oxidation sites excluding steroid dienone is 2. The Labute approximate surface area is 127 Å². The van der Waals surface area contributed by atoms with Gasteiger partial charge in [0.2, 0.25) is 6.23 Å². The van der Waals surface area contributed by atoms with Gasteiger partial charge in [0.05, 0.1) is 6.54 Å². The van der Waals surface area contributed by atoms with E-state index >= 15 is 0 Å². The number of hydrogen-bond acceptors (Lipinski definition) is 7. The zero-order chi connectivity index (χ0) is 14.6. The fourth-order valence-corrected chi connectivity index (χ4v) is 3.53. The SMILES string of the molecule is CC=CCCCN1CC(O)[N+]([O-])(c2nnc(SC)s2)C1. The molecule has 0 bridgehead atoms. The molecule has 2 unspecified atom stereocenters. The molecule has 0 aromatic carbocycles. The molecule has 0 saturated carbocycles. The Kier molecular flexibility index (Phi) is 5.53. The van der Waals surface area contributed by atoms with E-state index in [1.807, 2.05) is 24.2 Å². The lowest BCUT2D eigenvalue weighted by Gasteiger charge is -2.36. The van der Waals surface area contributed by atoms with E-state index in [4.69, 9.17) is 0 Å². The monoisotopic (exact) mass is 316 g/mol. The van der Waals surface area contributed by atoms with E-state index in [1.54, 1.807) is 0 Å². The summed E-state index contributed by atoms with van der Waals surface area (Å²) in [6.45, 7) is 3.46. The number of rotatable bonds is 6. The fourth-order valence-electron chi connectivity index (χ4n) is 2.20. The van der Waals surface area contributed by atoms with Crippen LogP contribution in [0, 0.1) is 5.21 Å². The number of hydroxylamine groups is 2. The first-order valence-electron chi connectivity index (χ1n) is 6.58. The molecule has 1 aromatic rings. The van der Waals surface area contributed by atoms with Crippen LogP contribution in [0.3, 0.4) is 0 Å². The number of aliphatic hydroxyl groups excluding tert-OH is 1. The molecule has 1 fully saturated rings. The molecular formula is C12H20N4O2S2. The van der Waals surface area contributed by atoms with Gasteiger partial charge in [-0.2, -0.15) is 0 Å². The van der Waals surface area contributed by atoms with Crippen LogP contribution in [0.4, 0.5) is 5.13 Å². The first kappa shape index (κ1) is 15.9. The van der Waals surface area contributed by atoms with Crippen molar-refractivity contribution in [3.63, 3.8) is 0 Å². The van der Waals surface area contributed by atoms with Crippen LogP contribution >= 0.6 is 23.1 Å². The minimum atomic E-state index is -0.973. The third kappa shape index (κ3) is 3.38. The number of quaternary nitrogens is 1. The number of aliphatic hydroxyl groups is 1. The molecule has 2 atom stereocenters. The van der Waals surface area contributed by atoms with E-state index in [9.17, 15) is 10.3 Å². The Morgan fingerprint density at radius 1 is 1.60 bits per heavy atom. The molecule has 6 nitrogen and oxygen atoms in total. The van der Waals surface area contributed by atoms with Gasteiger partial charge in [0.15, 0.2) is 4.34 Å². The standard InChI is InChI=1S/C12H20N4O2S2/c1-3-4-5-6-7-15-8-10(17)16(18,9-15)11-13-14-12(19-2)20-11/h3-4,10,17H,5-9H2,1-2H3. The number of hydrogen-bond donors (Lipinski definition) is 1. The summed E-state index contributed by atoms with van der Waals surface area (Å²) in [4.78, 5) is 2.00. The topological polar surface area (TPSA) is 72.3 Å². The third-order valence-electron chi connectivity index (χ3n) is 3.29. The Morgan fingerprint density at radius 2 is 2.40 bits per heavy atom. The number of nitrogens with zero attached hydrogens (tertiary/aromatic N) is 4. The van der Waals surface area contributed by atoms with Gasteiger partial charge in [-0.25, -0.2) is 4.90 Å². The number of aromatic nitrogens is 2. The van der Waals surface area contributed by atoms with Crippen molar-refractivity contribution >= 4 is 28.2 Å². The van der Waals surface area contributed by atoms with E-state index < -0.39 is 10.9 Å². The largest absolute Gasteiger partial charge is 0.623 e. The van der Waals surface area contributed by atoms with Gasteiger partial charge in [0.25, 0.3) is 0 Å². The summed E-state index contributed by atoms with van der Waals surface area (Å²) in [7, 11) is 0. The zero-order valence-corrected chi connectivity index (χ0v) is 13.4. The van der Waals surface area contributed by atoms with Crippen LogP contribution in [-0.2, 0) is 0 Å². The smallest absolute Gasteiger partial charge is 0.310 e. The summed E-state index contributed by atoms with van der Waals surface area (Å²) in [6.07, 6.45) is 7.05. The predicted molar refractivity (Wildman–Crippen MR) is 83.3 cm³/mol. The Morgan fingerprint density at radius 3 is 3.05 bits per heavy atom. The summed E-state index contributed by atoms with van der Waals surface area (Å²) in [5.74, 6) is 0. The van der Waals surface area contributed by atoms with E-state index in [0.29, 0.717) is 11.7 Å². The summed E-state index contributed by atoms with van der Waals surface area (Å²) in [6, 6.07) is 0. The molecule has 1 saturated heterocycles. The lowest BCUT2D eigenvalue weighted by atomic mass is 10.3. The molecule has 1 aromatic heterocycles. The van der Waals surface area contributed by atoms with Crippen molar-refractivity contribution in [2.75, 3.05) is 26.0 Å². The summed E-state index contributed by atoms with van der Waals surface area (Å²) in [5.41, 5.74) is 0. The van der Waals surface area contributed by atoms with Crippen molar-refractivity contribution in [3.8, 4) is 0 Å². The van der Waals surface area contributed by atoms with Gasteiger partial charge in [-0.05, 0) is 37.4 Å². The van der Waals surface area contributed by atoms with Gasteiger partial charge < -0.3 is 10.3 Å². The first-order valence-corrected chi connectivity index (χ1v) is 8.62. The Balaban J connectivity index is 1.98. The average molecular weight is 316 g/mol. The van der Waals surface area contributed by atoms with Crippen molar-refractivity contribution in [1.29, 1.82) is 0 Å². The number of β-amino-alcohol motifs (C(OH)–C–C–N with tert-alkyl or cyclic N) is 1. The summed E-state index contributed by atoms with van der Waals surface area (Å²) < 4.78 is -0.0333. The molecular weight excluding hydrogens is 296 g/mol. The van der Waals surface area contributed by atoms with Crippen LogP contribution in [0.15, 0.2) is 16.5 Å². The van der Waals surface area contributed by atoms with Gasteiger partial charge in [0, 0.05) is 6.54 Å². The lowest BCUT2D eigenvalue weighted by molar-refractivity contribution is 0.0843. The van der Waals surface area contributed by atoms with Crippen LogP contribution in [0.1, 0.15) is 19.8 Å². The average Bonchev–Trinajstić information content (AvgIpc) is 3.02. The normalized spacial score (nSPS) is 27.7. The lowest BCUT2D eigenvalue weighted by Crippen LogP contribution is -2.48. The van der Waals surface area contributed by atoms with Crippen molar-refractivity contribution in [1.82, 2.24) is 19.7 Å². The molecule has 0 amide bonds. The fraction of sp³-hybridized carbons (Fsp3) is 0.667. The maximum absolute atomic E-state index is 12.8. The minimum absolute atomic E-state index is 0.250. The van der Waals surface area contributed by atoms with Gasteiger partial charge in [0.1, 0.15) is 6.67 Å². The zero-order valence-electron chi connectivity index (χ0n) is 11.7. The second-order valence-corrected chi connectivity index (χ2v) is 6.77. The number of unbranched alkanes of at least 4 members (excludes halogenated alkanes) is 1. The van der Waals surface area contributed by atoms with Crippen molar-refractivity contribution < 1.29 is 5.11 Å².